The molecule has 2 N–H and O–H groups in total. The molecule has 1 aliphatic rings. The van der Waals surface area contributed by atoms with E-state index in [1.54, 1.807) is 18.2 Å². The zero-order valence-electron chi connectivity index (χ0n) is 14.4. The lowest BCUT2D eigenvalue weighted by atomic mass is 10.3. The number of carbonyl (C=O) groups excluding carboxylic acids is 1. The van der Waals surface area contributed by atoms with E-state index in [1.807, 2.05) is 18.2 Å². The molecular formula is C19H18F2N4O2. The highest BCUT2D eigenvalue weighted by Crippen LogP contribution is 2.20. The molecule has 8 heteroatoms. The van der Waals surface area contributed by atoms with Crippen molar-refractivity contribution in [1.82, 2.24) is 14.9 Å². The molecule has 2 heterocycles. The first-order valence-corrected chi connectivity index (χ1v) is 8.59. The Bertz CT molecular complexity index is 947. The van der Waals surface area contributed by atoms with Crippen molar-refractivity contribution >= 4 is 22.8 Å². The van der Waals surface area contributed by atoms with Crippen LogP contribution in [0.25, 0.3) is 11.0 Å². The van der Waals surface area contributed by atoms with Crippen LogP contribution in [0.4, 0.5) is 19.3 Å². The molecule has 1 aliphatic heterocycles. The highest BCUT2D eigenvalue weighted by atomic mass is 19.1. The maximum absolute atomic E-state index is 14.3. The van der Waals surface area contributed by atoms with Crippen molar-refractivity contribution in [3.05, 3.63) is 60.2 Å². The molecule has 2 amide bonds. The summed E-state index contributed by atoms with van der Waals surface area (Å²) in [6, 6.07) is 12.9. The van der Waals surface area contributed by atoms with Gasteiger partial charge in [-0.2, -0.15) is 0 Å². The zero-order valence-corrected chi connectivity index (χ0v) is 14.4. The number of aromatic amines is 1. The summed E-state index contributed by atoms with van der Waals surface area (Å²) in [4.78, 5) is 20.9. The number of alkyl halides is 1. The second kappa shape index (κ2) is 7.32. The Labute approximate surface area is 154 Å². The van der Waals surface area contributed by atoms with Crippen molar-refractivity contribution in [2.45, 2.75) is 18.9 Å². The molecule has 1 aromatic heterocycles. The molecule has 1 fully saturated rings. The number of H-pyrrole nitrogens is 1. The molecule has 0 bridgehead atoms. The van der Waals surface area contributed by atoms with Gasteiger partial charge in [0, 0.05) is 5.69 Å². The standard InChI is InChI=1S/C19H18F2N4O2/c20-12-6-7-15-16(8-12)24-18(23-15)11-27-17-10-25(9-14(17)21)19(26)22-13-4-2-1-3-5-13/h1-8,14,17H,9-11H2,(H,22,26)(H,23,24). The number of urea groups is 1. The number of para-hydroxylation sites is 1. The van der Waals surface area contributed by atoms with Gasteiger partial charge in [0.2, 0.25) is 0 Å². The number of fused-ring (bicyclic) bond motifs is 1. The molecule has 2 aromatic carbocycles. The molecule has 140 valence electrons. The molecule has 0 aliphatic carbocycles. The minimum atomic E-state index is -1.28. The number of aromatic nitrogens is 2. The molecule has 3 aromatic rings. The third kappa shape index (κ3) is 3.90. The highest BCUT2D eigenvalue weighted by molar-refractivity contribution is 5.89. The average molecular weight is 372 g/mol. The zero-order chi connectivity index (χ0) is 18.8. The fraction of sp³-hybridized carbons (Fsp3) is 0.263. The van der Waals surface area contributed by atoms with Crippen molar-refractivity contribution in [3.8, 4) is 0 Å². The lowest BCUT2D eigenvalue weighted by Crippen LogP contribution is -2.34. The number of nitrogens with one attached hydrogen (secondary N) is 2. The Balaban J connectivity index is 1.34. The van der Waals surface area contributed by atoms with Crippen LogP contribution in [0.3, 0.4) is 0 Å². The van der Waals surface area contributed by atoms with E-state index in [0.29, 0.717) is 22.5 Å². The summed E-state index contributed by atoms with van der Waals surface area (Å²) in [6.45, 7) is 0.166. The third-order valence-electron chi connectivity index (χ3n) is 4.44. The fourth-order valence-corrected chi connectivity index (χ4v) is 3.07. The lowest BCUT2D eigenvalue weighted by Gasteiger charge is -2.16. The number of halogens is 2. The van der Waals surface area contributed by atoms with E-state index in [2.05, 4.69) is 15.3 Å². The monoisotopic (exact) mass is 372 g/mol. The van der Waals surface area contributed by atoms with Gasteiger partial charge in [-0.05, 0) is 30.3 Å². The van der Waals surface area contributed by atoms with E-state index in [-0.39, 0.29) is 31.5 Å². The number of amides is 2. The quantitative estimate of drug-likeness (QED) is 0.737. The molecule has 6 nitrogen and oxygen atoms in total. The Kier molecular flexibility index (Phi) is 4.72. The summed E-state index contributed by atoms with van der Waals surface area (Å²) >= 11 is 0. The first-order valence-electron chi connectivity index (χ1n) is 8.59. The van der Waals surface area contributed by atoms with E-state index >= 15 is 0 Å². The van der Waals surface area contributed by atoms with Gasteiger partial charge in [0.25, 0.3) is 0 Å². The van der Waals surface area contributed by atoms with Gasteiger partial charge in [-0.1, -0.05) is 18.2 Å². The van der Waals surface area contributed by atoms with Crippen LogP contribution in [0, 0.1) is 5.82 Å². The molecule has 4 rings (SSSR count). The van der Waals surface area contributed by atoms with Crippen LogP contribution >= 0.6 is 0 Å². The minimum Gasteiger partial charge on any atom is -0.365 e. The van der Waals surface area contributed by atoms with Crippen LogP contribution in [0.15, 0.2) is 48.5 Å². The van der Waals surface area contributed by atoms with Crippen molar-refractivity contribution in [3.63, 3.8) is 0 Å². The molecular weight excluding hydrogens is 354 g/mol. The fourth-order valence-electron chi connectivity index (χ4n) is 3.07. The smallest absolute Gasteiger partial charge is 0.322 e. The van der Waals surface area contributed by atoms with E-state index < -0.39 is 12.3 Å². The van der Waals surface area contributed by atoms with Crippen molar-refractivity contribution in [2.75, 3.05) is 18.4 Å². The lowest BCUT2D eigenvalue weighted by molar-refractivity contribution is 0.00961. The molecule has 1 saturated heterocycles. The van der Waals surface area contributed by atoms with Gasteiger partial charge in [-0.15, -0.1) is 0 Å². The second-order valence-electron chi connectivity index (χ2n) is 6.41. The number of benzene rings is 2. The predicted molar refractivity (Wildman–Crippen MR) is 96.6 cm³/mol. The maximum Gasteiger partial charge on any atom is 0.322 e. The number of ether oxygens (including phenoxy) is 1. The molecule has 2 unspecified atom stereocenters. The molecule has 0 radical (unpaired) electrons. The SMILES string of the molecule is O=C(Nc1ccccc1)N1CC(F)C(OCc2nc3ccc(F)cc3[nH]2)C1. The van der Waals surface area contributed by atoms with Gasteiger partial charge in [0.1, 0.15) is 30.5 Å². The van der Waals surface area contributed by atoms with Crippen LogP contribution in [0.1, 0.15) is 5.82 Å². The Morgan fingerprint density at radius 2 is 2.07 bits per heavy atom. The summed E-state index contributed by atoms with van der Waals surface area (Å²) in [6.07, 6.45) is -2.02. The van der Waals surface area contributed by atoms with E-state index in [0.717, 1.165) is 0 Å². The van der Waals surface area contributed by atoms with E-state index in [4.69, 9.17) is 4.74 Å². The molecule has 27 heavy (non-hydrogen) atoms. The second-order valence-corrected chi connectivity index (χ2v) is 6.41. The summed E-state index contributed by atoms with van der Waals surface area (Å²) in [5.41, 5.74) is 1.82. The van der Waals surface area contributed by atoms with Crippen LogP contribution in [0.5, 0.6) is 0 Å². The normalized spacial score (nSPS) is 19.6. The predicted octanol–water partition coefficient (Wildman–Crippen LogP) is 3.47. The third-order valence-corrected chi connectivity index (χ3v) is 4.44. The first-order chi connectivity index (χ1) is 13.1. The van der Waals surface area contributed by atoms with Crippen molar-refractivity contribution in [2.24, 2.45) is 0 Å². The van der Waals surface area contributed by atoms with Gasteiger partial charge >= 0.3 is 6.03 Å². The number of anilines is 1. The van der Waals surface area contributed by atoms with Crippen LogP contribution in [-0.2, 0) is 11.3 Å². The van der Waals surface area contributed by atoms with Crippen LogP contribution in [0.2, 0.25) is 0 Å². The Hall–Kier alpha value is -3.00. The topological polar surface area (TPSA) is 70.2 Å². The van der Waals surface area contributed by atoms with Gasteiger partial charge in [0.15, 0.2) is 0 Å². The largest absolute Gasteiger partial charge is 0.365 e. The van der Waals surface area contributed by atoms with Crippen molar-refractivity contribution in [1.29, 1.82) is 0 Å². The average Bonchev–Trinajstić information content (AvgIpc) is 3.23. The van der Waals surface area contributed by atoms with Gasteiger partial charge in [-0.25, -0.2) is 18.6 Å². The highest BCUT2D eigenvalue weighted by Gasteiger charge is 2.36. The van der Waals surface area contributed by atoms with Gasteiger partial charge in [-0.3, -0.25) is 0 Å². The molecule has 2 atom stereocenters. The van der Waals surface area contributed by atoms with Crippen LogP contribution in [-0.4, -0.2) is 46.3 Å². The summed E-state index contributed by atoms with van der Waals surface area (Å²) in [7, 11) is 0. The number of nitrogens with zero attached hydrogens (tertiary/aromatic N) is 2. The van der Waals surface area contributed by atoms with E-state index in [9.17, 15) is 13.6 Å². The number of hydrogen-bond acceptors (Lipinski definition) is 3. The van der Waals surface area contributed by atoms with Crippen LogP contribution < -0.4 is 5.32 Å². The summed E-state index contributed by atoms with van der Waals surface area (Å²) in [5.74, 6) is 0.119. The number of carbonyl (C=O) groups is 1. The first kappa shape index (κ1) is 17.4. The van der Waals surface area contributed by atoms with E-state index in [1.165, 1.54) is 17.0 Å². The Morgan fingerprint density at radius 3 is 2.89 bits per heavy atom. The maximum atomic E-state index is 14.3. The summed E-state index contributed by atoms with van der Waals surface area (Å²) in [5, 5.41) is 2.73. The number of rotatable bonds is 4. The van der Waals surface area contributed by atoms with Gasteiger partial charge < -0.3 is 19.9 Å². The molecule has 0 spiro atoms. The number of imidazole rings is 1. The van der Waals surface area contributed by atoms with Gasteiger partial charge in [0.05, 0.1) is 24.1 Å². The minimum absolute atomic E-state index is 0.0331. The summed E-state index contributed by atoms with van der Waals surface area (Å²) < 4.78 is 33.1. The van der Waals surface area contributed by atoms with Crippen molar-refractivity contribution < 1.29 is 18.3 Å². The Morgan fingerprint density at radius 1 is 1.26 bits per heavy atom. The number of hydrogen-bond donors (Lipinski definition) is 2. The number of likely N-dealkylation sites (tertiary alicyclic amines) is 1. The molecule has 0 saturated carbocycles.